The molecule has 0 aromatic carbocycles. The van der Waals surface area contributed by atoms with E-state index in [-0.39, 0.29) is 11.9 Å². The molecule has 0 radical (unpaired) electrons. The molecule has 1 aliphatic heterocycles. The number of esters is 2. The van der Waals surface area contributed by atoms with Crippen LogP contribution in [0.3, 0.4) is 0 Å². The van der Waals surface area contributed by atoms with Crippen molar-refractivity contribution in [3.63, 3.8) is 0 Å². The highest BCUT2D eigenvalue weighted by Crippen LogP contribution is 2.23. The van der Waals surface area contributed by atoms with Crippen LogP contribution in [0.1, 0.15) is 39.5 Å². The lowest BCUT2D eigenvalue weighted by molar-refractivity contribution is -0.158. The van der Waals surface area contributed by atoms with Crippen LogP contribution in [0.5, 0.6) is 0 Å². The summed E-state index contributed by atoms with van der Waals surface area (Å²) in [5, 5.41) is 0. The first-order chi connectivity index (χ1) is 6.08. The van der Waals surface area contributed by atoms with Crippen LogP contribution < -0.4 is 0 Å². The van der Waals surface area contributed by atoms with Gasteiger partial charge in [-0.2, -0.15) is 0 Å². The van der Waals surface area contributed by atoms with Crippen LogP contribution in [0.2, 0.25) is 0 Å². The molecule has 1 aliphatic rings. The van der Waals surface area contributed by atoms with Gasteiger partial charge in [-0.15, -0.1) is 0 Å². The second kappa shape index (κ2) is 4.40. The van der Waals surface area contributed by atoms with Crippen molar-refractivity contribution in [3.8, 4) is 0 Å². The van der Waals surface area contributed by atoms with Crippen molar-refractivity contribution in [2.75, 3.05) is 0 Å². The van der Waals surface area contributed by atoms with E-state index in [9.17, 15) is 9.59 Å². The minimum Gasteiger partial charge on any atom is -0.393 e. The summed E-state index contributed by atoms with van der Waals surface area (Å²) in [6.45, 7) is 4.25. The highest BCUT2D eigenvalue weighted by Gasteiger charge is 2.23. The van der Waals surface area contributed by atoms with E-state index in [1.54, 1.807) is 0 Å². The highest BCUT2D eigenvalue weighted by molar-refractivity contribution is 5.86. The van der Waals surface area contributed by atoms with Gasteiger partial charge in [0.2, 0.25) is 0 Å². The molecule has 1 heterocycles. The van der Waals surface area contributed by atoms with Gasteiger partial charge in [0.1, 0.15) is 0 Å². The Morgan fingerprint density at radius 2 is 2.08 bits per heavy atom. The van der Waals surface area contributed by atoms with Gasteiger partial charge < -0.3 is 4.74 Å². The molecule has 0 bridgehead atoms. The van der Waals surface area contributed by atoms with Gasteiger partial charge >= 0.3 is 11.9 Å². The Hall–Kier alpha value is -0.860. The van der Waals surface area contributed by atoms with Gasteiger partial charge in [-0.05, 0) is 24.7 Å². The summed E-state index contributed by atoms with van der Waals surface area (Å²) < 4.78 is 4.55. The smallest absolute Gasteiger partial charge is 0.313 e. The summed E-state index contributed by atoms with van der Waals surface area (Å²) in [5.74, 6) is 0.189. The number of rotatable bonds is 2. The first-order valence-electron chi connectivity index (χ1n) is 4.81. The Morgan fingerprint density at radius 3 is 2.69 bits per heavy atom. The molecular weight excluding hydrogens is 168 g/mol. The van der Waals surface area contributed by atoms with E-state index in [1.807, 2.05) is 0 Å². The zero-order valence-electron chi connectivity index (χ0n) is 8.21. The molecule has 0 aliphatic carbocycles. The molecule has 0 N–H and O–H groups in total. The fourth-order valence-corrected chi connectivity index (χ4v) is 1.75. The molecule has 1 atom stereocenters. The summed E-state index contributed by atoms with van der Waals surface area (Å²) in [7, 11) is 0. The average Bonchev–Trinajstić information content (AvgIpc) is 2.11. The molecule has 3 heteroatoms. The van der Waals surface area contributed by atoms with Crippen LogP contribution in [0.25, 0.3) is 0 Å². The minimum atomic E-state index is -0.365. The maximum atomic E-state index is 11.0. The van der Waals surface area contributed by atoms with Crippen LogP contribution in [-0.4, -0.2) is 11.9 Å². The van der Waals surface area contributed by atoms with Gasteiger partial charge in [-0.1, -0.05) is 13.8 Å². The van der Waals surface area contributed by atoms with E-state index >= 15 is 0 Å². The maximum Gasteiger partial charge on any atom is 0.313 e. The molecule has 1 saturated heterocycles. The van der Waals surface area contributed by atoms with Crippen LogP contribution in [0, 0.1) is 11.8 Å². The fraction of sp³-hybridized carbons (Fsp3) is 0.800. The van der Waals surface area contributed by atoms with Crippen LogP contribution in [-0.2, 0) is 14.3 Å². The fourth-order valence-electron chi connectivity index (χ4n) is 1.75. The number of hydrogen-bond donors (Lipinski definition) is 0. The van der Waals surface area contributed by atoms with Crippen molar-refractivity contribution in [2.24, 2.45) is 11.8 Å². The number of carbonyl (C=O) groups is 2. The van der Waals surface area contributed by atoms with Crippen molar-refractivity contribution in [2.45, 2.75) is 39.5 Å². The molecule has 1 fully saturated rings. The van der Waals surface area contributed by atoms with E-state index < -0.39 is 0 Å². The van der Waals surface area contributed by atoms with Gasteiger partial charge in [0.05, 0.1) is 0 Å². The van der Waals surface area contributed by atoms with Gasteiger partial charge in [0.15, 0.2) is 0 Å². The third-order valence-electron chi connectivity index (χ3n) is 2.24. The zero-order valence-corrected chi connectivity index (χ0v) is 8.21. The second-order valence-corrected chi connectivity index (χ2v) is 4.08. The first-order valence-corrected chi connectivity index (χ1v) is 4.81. The van der Waals surface area contributed by atoms with Gasteiger partial charge in [0.25, 0.3) is 0 Å². The summed E-state index contributed by atoms with van der Waals surface area (Å²) in [6.07, 6.45) is 2.60. The number of ether oxygens (including phenoxy) is 1. The maximum absolute atomic E-state index is 11.0. The zero-order chi connectivity index (χ0) is 9.84. The molecule has 74 valence electrons. The van der Waals surface area contributed by atoms with Gasteiger partial charge in [-0.25, -0.2) is 0 Å². The number of cyclic esters (lactones) is 2. The van der Waals surface area contributed by atoms with Crippen molar-refractivity contribution in [1.29, 1.82) is 0 Å². The van der Waals surface area contributed by atoms with Crippen molar-refractivity contribution < 1.29 is 14.3 Å². The summed E-state index contributed by atoms with van der Waals surface area (Å²) in [6, 6.07) is 0. The van der Waals surface area contributed by atoms with Gasteiger partial charge in [-0.3, -0.25) is 9.59 Å². The molecule has 0 aromatic rings. The van der Waals surface area contributed by atoms with Gasteiger partial charge in [0, 0.05) is 12.8 Å². The summed E-state index contributed by atoms with van der Waals surface area (Å²) in [4.78, 5) is 21.9. The summed E-state index contributed by atoms with van der Waals surface area (Å²) >= 11 is 0. The predicted octanol–water partition coefficient (Wildman–Crippen LogP) is 1.90. The molecule has 0 spiro atoms. The molecular formula is C10H16O3. The minimum absolute atomic E-state index is 0.332. The average molecular weight is 184 g/mol. The Balaban J connectivity index is 2.48. The van der Waals surface area contributed by atoms with Crippen molar-refractivity contribution in [3.05, 3.63) is 0 Å². The molecule has 13 heavy (non-hydrogen) atoms. The molecule has 1 unspecified atom stereocenters. The first kappa shape index (κ1) is 10.2. The number of hydrogen-bond acceptors (Lipinski definition) is 3. The van der Waals surface area contributed by atoms with Crippen molar-refractivity contribution in [1.82, 2.24) is 0 Å². The predicted molar refractivity (Wildman–Crippen MR) is 47.9 cm³/mol. The van der Waals surface area contributed by atoms with Crippen LogP contribution in [0.15, 0.2) is 0 Å². The van der Waals surface area contributed by atoms with Crippen molar-refractivity contribution >= 4 is 11.9 Å². The Bertz CT molecular complexity index is 208. The van der Waals surface area contributed by atoms with E-state index in [4.69, 9.17) is 0 Å². The Morgan fingerprint density at radius 1 is 1.38 bits per heavy atom. The number of carbonyl (C=O) groups excluding carboxylic acids is 2. The Kier molecular flexibility index (Phi) is 3.46. The molecule has 0 aromatic heterocycles. The SMILES string of the molecule is CC(C)CC1CCC(=O)OC(=O)C1. The lowest BCUT2D eigenvalue weighted by atomic mass is 9.91. The van der Waals surface area contributed by atoms with E-state index in [0.29, 0.717) is 24.7 Å². The van der Waals surface area contributed by atoms with E-state index in [1.165, 1.54) is 0 Å². The normalized spacial score (nSPS) is 24.4. The Labute approximate surface area is 78.5 Å². The molecule has 0 amide bonds. The molecule has 3 nitrogen and oxygen atoms in total. The monoisotopic (exact) mass is 184 g/mol. The van der Waals surface area contributed by atoms with Crippen LogP contribution >= 0.6 is 0 Å². The second-order valence-electron chi connectivity index (χ2n) is 4.08. The lowest BCUT2D eigenvalue weighted by Gasteiger charge is -2.13. The highest BCUT2D eigenvalue weighted by atomic mass is 16.6. The lowest BCUT2D eigenvalue weighted by Crippen LogP contribution is -2.10. The van der Waals surface area contributed by atoms with E-state index in [2.05, 4.69) is 18.6 Å². The molecule has 0 saturated carbocycles. The quantitative estimate of drug-likeness (QED) is 0.486. The third-order valence-corrected chi connectivity index (χ3v) is 2.24. The molecule has 1 rings (SSSR count). The summed E-state index contributed by atoms with van der Waals surface area (Å²) in [5.41, 5.74) is 0. The topological polar surface area (TPSA) is 43.4 Å². The largest absolute Gasteiger partial charge is 0.393 e. The third kappa shape index (κ3) is 3.57. The van der Waals surface area contributed by atoms with E-state index in [0.717, 1.165) is 12.8 Å². The standard InChI is InChI=1S/C10H16O3/c1-7(2)5-8-3-4-9(11)13-10(12)6-8/h7-8H,3-6H2,1-2H3. The van der Waals surface area contributed by atoms with Crippen LogP contribution in [0.4, 0.5) is 0 Å².